The zero-order valence-electron chi connectivity index (χ0n) is 9.59. The van der Waals surface area contributed by atoms with Crippen LogP contribution < -0.4 is 5.32 Å². The number of hydrogen-bond donors (Lipinski definition) is 1. The van der Waals surface area contributed by atoms with Crippen molar-refractivity contribution in [1.82, 2.24) is 5.32 Å². The van der Waals surface area contributed by atoms with Crippen molar-refractivity contribution >= 4 is 22.9 Å². The van der Waals surface area contributed by atoms with Gasteiger partial charge in [0.15, 0.2) is 0 Å². The molecule has 1 atom stereocenters. The minimum absolute atomic E-state index is 0.121. The van der Waals surface area contributed by atoms with Gasteiger partial charge < -0.3 is 10.1 Å². The second-order valence-corrected chi connectivity index (χ2v) is 5.25. The van der Waals surface area contributed by atoms with Crippen LogP contribution in [-0.2, 0) is 4.74 Å². The van der Waals surface area contributed by atoms with Gasteiger partial charge in [0, 0.05) is 17.5 Å². The van der Waals surface area contributed by atoms with Gasteiger partial charge in [-0.3, -0.25) is 0 Å². The fraction of sp³-hybridized carbons (Fsp3) is 0.636. The highest BCUT2D eigenvalue weighted by Gasteiger charge is 2.13. The molecule has 2 nitrogen and oxygen atoms in total. The Kier molecular flexibility index (Phi) is 6.96. The largest absolute Gasteiger partial charge is 0.375 e. The number of nitrogens with one attached hydrogen (secondary N) is 1. The predicted molar refractivity (Wildman–Crippen MR) is 67.2 cm³/mol. The molecule has 1 N–H and O–H groups in total. The van der Waals surface area contributed by atoms with Gasteiger partial charge in [-0.05, 0) is 25.1 Å². The minimum atomic E-state index is -2.40. The van der Waals surface area contributed by atoms with Crippen LogP contribution in [0.3, 0.4) is 0 Å². The van der Waals surface area contributed by atoms with E-state index in [1.165, 1.54) is 11.3 Å². The molecule has 0 amide bonds. The molecule has 1 heterocycles. The van der Waals surface area contributed by atoms with Gasteiger partial charge in [0.25, 0.3) is 6.43 Å². The first-order valence-corrected chi connectivity index (χ1v) is 6.67. The van der Waals surface area contributed by atoms with Gasteiger partial charge in [-0.2, -0.15) is 0 Å². The van der Waals surface area contributed by atoms with Crippen molar-refractivity contribution < 1.29 is 13.5 Å². The molecule has 98 valence electrons. The standard InChI is InChI=1S/C11H16ClF2NOS/c1-2-15-8(5-6-16-7-11(13)14)9-3-4-10(12)17-9/h3-4,8,11,15H,2,5-7H2,1H3. The summed E-state index contributed by atoms with van der Waals surface area (Å²) in [5, 5.41) is 3.28. The molecule has 0 saturated carbocycles. The van der Waals surface area contributed by atoms with E-state index in [-0.39, 0.29) is 6.04 Å². The number of alkyl halides is 2. The summed E-state index contributed by atoms with van der Waals surface area (Å²) in [5.74, 6) is 0. The number of thiophene rings is 1. The Hall–Kier alpha value is -0.230. The van der Waals surface area contributed by atoms with Crippen LogP contribution in [0, 0.1) is 0 Å². The van der Waals surface area contributed by atoms with Crippen molar-refractivity contribution in [2.24, 2.45) is 0 Å². The molecule has 0 aromatic carbocycles. The molecule has 1 unspecified atom stereocenters. The van der Waals surface area contributed by atoms with Crippen LogP contribution in [0.5, 0.6) is 0 Å². The molecule has 17 heavy (non-hydrogen) atoms. The number of rotatable bonds is 8. The highest BCUT2D eigenvalue weighted by Crippen LogP contribution is 2.28. The maximum absolute atomic E-state index is 11.9. The molecule has 1 rings (SSSR count). The second kappa shape index (κ2) is 7.97. The lowest BCUT2D eigenvalue weighted by Gasteiger charge is -2.16. The third-order valence-corrected chi connectivity index (χ3v) is 3.53. The van der Waals surface area contributed by atoms with E-state index in [2.05, 4.69) is 5.32 Å². The average Bonchev–Trinajstić information content (AvgIpc) is 2.69. The number of hydrogen-bond acceptors (Lipinski definition) is 3. The summed E-state index contributed by atoms with van der Waals surface area (Å²) in [6, 6.07) is 3.91. The van der Waals surface area contributed by atoms with E-state index in [1.54, 1.807) is 0 Å². The Morgan fingerprint density at radius 3 is 2.76 bits per heavy atom. The lowest BCUT2D eigenvalue weighted by Crippen LogP contribution is -2.22. The average molecular weight is 284 g/mol. The van der Waals surface area contributed by atoms with Crippen molar-refractivity contribution in [3.63, 3.8) is 0 Å². The first-order chi connectivity index (χ1) is 8.13. The molecule has 0 bridgehead atoms. The van der Waals surface area contributed by atoms with Crippen molar-refractivity contribution in [3.8, 4) is 0 Å². The van der Waals surface area contributed by atoms with Crippen LogP contribution in [-0.4, -0.2) is 26.2 Å². The van der Waals surface area contributed by atoms with E-state index >= 15 is 0 Å². The Balaban J connectivity index is 2.38. The van der Waals surface area contributed by atoms with Gasteiger partial charge in [-0.1, -0.05) is 18.5 Å². The molecular formula is C11H16ClF2NOS. The predicted octanol–water partition coefficient (Wildman–Crippen LogP) is 3.72. The fourth-order valence-electron chi connectivity index (χ4n) is 1.48. The van der Waals surface area contributed by atoms with Crippen LogP contribution in [0.2, 0.25) is 4.34 Å². The van der Waals surface area contributed by atoms with E-state index < -0.39 is 13.0 Å². The van der Waals surface area contributed by atoms with Gasteiger partial charge >= 0.3 is 0 Å². The second-order valence-electron chi connectivity index (χ2n) is 3.51. The summed E-state index contributed by atoms with van der Waals surface area (Å²) in [6.07, 6.45) is -1.74. The van der Waals surface area contributed by atoms with Crippen LogP contribution in [0.25, 0.3) is 0 Å². The maximum atomic E-state index is 11.9. The Morgan fingerprint density at radius 2 is 2.24 bits per heavy atom. The van der Waals surface area contributed by atoms with Crippen molar-refractivity contribution in [2.75, 3.05) is 19.8 Å². The normalized spacial score (nSPS) is 13.2. The number of ether oxygens (including phenoxy) is 1. The first-order valence-electron chi connectivity index (χ1n) is 5.48. The summed E-state index contributed by atoms with van der Waals surface area (Å²) in [4.78, 5) is 1.11. The van der Waals surface area contributed by atoms with Gasteiger partial charge in [0.2, 0.25) is 0 Å². The van der Waals surface area contributed by atoms with Gasteiger partial charge in [0.05, 0.1) is 4.34 Å². The van der Waals surface area contributed by atoms with Crippen molar-refractivity contribution in [3.05, 3.63) is 21.3 Å². The van der Waals surface area contributed by atoms with Gasteiger partial charge in [-0.15, -0.1) is 11.3 Å². The Morgan fingerprint density at radius 1 is 1.47 bits per heavy atom. The lowest BCUT2D eigenvalue weighted by molar-refractivity contribution is 0.0145. The zero-order valence-corrected chi connectivity index (χ0v) is 11.2. The van der Waals surface area contributed by atoms with E-state index in [9.17, 15) is 8.78 Å². The molecule has 1 aromatic rings. The molecule has 0 aliphatic heterocycles. The maximum Gasteiger partial charge on any atom is 0.261 e. The highest BCUT2D eigenvalue weighted by molar-refractivity contribution is 7.16. The van der Waals surface area contributed by atoms with Crippen LogP contribution >= 0.6 is 22.9 Å². The first kappa shape index (κ1) is 14.8. The SMILES string of the molecule is CCNC(CCOCC(F)F)c1ccc(Cl)s1. The molecule has 0 saturated heterocycles. The monoisotopic (exact) mass is 283 g/mol. The van der Waals surface area contributed by atoms with Gasteiger partial charge in [0.1, 0.15) is 6.61 Å². The zero-order chi connectivity index (χ0) is 12.7. The molecule has 1 aromatic heterocycles. The molecular weight excluding hydrogens is 268 g/mol. The summed E-state index contributed by atoms with van der Waals surface area (Å²) >= 11 is 7.37. The number of halogens is 3. The smallest absolute Gasteiger partial charge is 0.261 e. The Bertz CT molecular complexity index is 322. The fourth-order valence-corrected chi connectivity index (χ4v) is 2.65. The summed E-state index contributed by atoms with van der Waals surface area (Å²) < 4.78 is 29.4. The van der Waals surface area contributed by atoms with Crippen LogP contribution in [0.15, 0.2) is 12.1 Å². The van der Waals surface area contributed by atoms with Gasteiger partial charge in [-0.25, -0.2) is 8.78 Å². The molecule has 0 fully saturated rings. The van der Waals surface area contributed by atoms with Crippen molar-refractivity contribution in [1.29, 1.82) is 0 Å². The molecule has 6 heteroatoms. The highest BCUT2D eigenvalue weighted by atomic mass is 35.5. The lowest BCUT2D eigenvalue weighted by atomic mass is 10.2. The van der Waals surface area contributed by atoms with E-state index in [1.807, 2.05) is 19.1 Å². The third-order valence-electron chi connectivity index (χ3n) is 2.18. The van der Waals surface area contributed by atoms with Crippen LogP contribution in [0.4, 0.5) is 8.78 Å². The molecule has 0 radical (unpaired) electrons. The van der Waals surface area contributed by atoms with Crippen LogP contribution in [0.1, 0.15) is 24.3 Å². The molecule has 0 spiro atoms. The van der Waals surface area contributed by atoms with Crippen molar-refractivity contribution in [2.45, 2.75) is 25.8 Å². The third kappa shape index (κ3) is 5.77. The summed E-state index contributed by atoms with van der Waals surface area (Å²) in [6.45, 7) is 2.64. The molecule has 0 aliphatic carbocycles. The summed E-state index contributed by atoms with van der Waals surface area (Å²) in [7, 11) is 0. The summed E-state index contributed by atoms with van der Waals surface area (Å²) in [5.41, 5.74) is 0. The minimum Gasteiger partial charge on any atom is -0.375 e. The molecule has 0 aliphatic rings. The van der Waals surface area contributed by atoms with E-state index in [0.29, 0.717) is 13.0 Å². The Labute approximate surface area is 109 Å². The van der Waals surface area contributed by atoms with E-state index in [0.717, 1.165) is 15.8 Å². The topological polar surface area (TPSA) is 21.3 Å². The van der Waals surface area contributed by atoms with E-state index in [4.69, 9.17) is 16.3 Å². The quantitative estimate of drug-likeness (QED) is 0.734.